The molecule has 2 aromatic heterocycles. The van der Waals surface area contributed by atoms with Crippen molar-refractivity contribution in [2.24, 2.45) is 5.73 Å². The molecule has 3 aromatic rings. The van der Waals surface area contributed by atoms with Gasteiger partial charge in [0.05, 0.1) is 23.0 Å². The summed E-state index contributed by atoms with van der Waals surface area (Å²) in [5.74, 6) is -0.486. The normalized spacial score (nSPS) is 10.7. The van der Waals surface area contributed by atoms with Crippen LogP contribution in [-0.4, -0.2) is 20.7 Å². The lowest BCUT2D eigenvalue weighted by molar-refractivity contribution is 0.100. The second kappa shape index (κ2) is 3.96. The van der Waals surface area contributed by atoms with E-state index in [0.29, 0.717) is 5.56 Å². The highest BCUT2D eigenvalue weighted by molar-refractivity contribution is 5.92. The second-order valence-corrected chi connectivity index (χ2v) is 3.89. The minimum Gasteiger partial charge on any atom is -0.366 e. The molecule has 0 fully saturated rings. The maximum Gasteiger partial charge on any atom is 0.251 e. The molecule has 0 unspecified atom stereocenters. The molecule has 2 N–H and O–H groups in total. The van der Waals surface area contributed by atoms with E-state index in [1.54, 1.807) is 17.1 Å². The lowest BCUT2D eigenvalue weighted by Crippen LogP contribution is -2.09. The highest BCUT2D eigenvalue weighted by atomic mass is 16.1. The van der Waals surface area contributed by atoms with Gasteiger partial charge in [0, 0.05) is 17.8 Å². The van der Waals surface area contributed by atoms with E-state index in [1.807, 2.05) is 30.3 Å². The number of pyridine rings is 1. The molecule has 5 heteroatoms. The number of carbonyl (C=O) groups is 1. The van der Waals surface area contributed by atoms with Crippen LogP contribution < -0.4 is 5.73 Å². The first-order valence-corrected chi connectivity index (χ1v) is 5.44. The van der Waals surface area contributed by atoms with Crippen LogP contribution in [0.3, 0.4) is 0 Å². The summed E-state index contributed by atoms with van der Waals surface area (Å²) in [5.41, 5.74) is 7.35. The average Bonchev–Trinajstić information content (AvgIpc) is 2.87. The predicted octanol–water partition coefficient (Wildman–Crippen LogP) is 1.52. The van der Waals surface area contributed by atoms with Gasteiger partial charge in [0.25, 0.3) is 5.91 Å². The summed E-state index contributed by atoms with van der Waals surface area (Å²) in [6, 6.07) is 9.60. The standard InChI is InChI=1S/C13H10N4O/c14-13(18)9-7-16-17(8-9)12-5-6-15-11-4-2-1-3-10(11)12/h1-8H,(H2,14,18). The Balaban J connectivity index is 2.21. The van der Waals surface area contributed by atoms with E-state index in [-0.39, 0.29) is 0 Å². The first kappa shape index (κ1) is 10.5. The van der Waals surface area contributed by atoms with Crippen molar-refractivity contribution in [3.8, 4) is 5.69 Å². The number of para-hydroxylation sites is 1. The summed E-state index contributed by atoms with van der Waals surface area (Å²) >= 11 is 0. The molecule has 5 nitrogen and oxygen atoms in total. The number of hydrogen-bond donors (Lipinski definition) is 1. The van der Waals surface area contributed by atoms with E-state index in [2.05, 4.69) is 10.1 Å². The third kappa shape index (κ3) is 1.62. The molecule has 0 aliphatic rings. The van der Waals surface area contributed by atoms with Crippen LogP contribution in [0.4, 0.5) is 0 Å². The van der Waals surface area contributed by atoms with Crippen molar-refractivity contribution < 1.29 is 4.79 Å². The van der Waals surface area contributed by atoms with E-state index in [9.17, 15) is 4.79 Å². The molecule has 0 saturated heterocycles. The Bertz CT molecular complexity index is 727. The molecular weight excluding hydrogens is 228 g/mol. The molecule has 0 aliphatic carbocycles. The number of nitrogens with zero attached hydrogens (tertiary/aromatic N) is 3. The zero-order valence-electron chi connectivity index (χ0n) is 9.45. The van der Waals surface area contributed by atoms with E-state index in [1.165, 1.54) is 6.20 Å². The van der Waals surface area contributed by atoms with E-state index < -0.39 is 5.91 Å². The van der Waals surface area contributed by atoms with Crippen LogP contribution in [0.1, 0.15) is 10.4 Å². The quantitative estimate of drug-likeness (QED) is 0.735. The predicted molar refractivity (Wildman–Crippen MR) is 67.4 cm³/mol. The van der Waals surface area contributed by atoms with Gasteiger partial charge in [0.15, 0.2) is 0 Å². The Morgan fingerprint density at radius 3 is 2.83 bits per heavy atom. The summed E-state index contributed by atoms with van der Waals surface area (Å²) in [6.45, 7) is 0. The van der Waals surface area contributed by atoms with Crippen LogP contribution in [0.25, 0.3) is 16.6 Å². The molecule has 88 valence electrons. The number of amides is 1. The Morgan fingerprint density at radius 1 is 1.22 bits per heavy atom. The fourth-order valence-electron chi connectivity index (χ4n) is 1.86. The van der Waals surface area contributed by atoms with Crippen LogP contribution in [0.15, 0.2) is 48.9 Å². The smallest absolute Gasteiger partial charge is 0.251 e. The van der Waals surface area contributed by atoms with Crippen molar-refractivity contribution in [1.82, 2.24) is 14.8 Å². The minimum absolute atomic E-state index is 0.385. The molecule has 0 aliphatic heterocycles. The van der Waals surface area contributed by atoms with Crippen molar-refractivity contribution in [2.45, 2.75) is 0 Å². The third-order valence-electron chi connectivity index (χ3n) is 2.74. The van der Waals surface area contributed by atoms with Gasteiger partial charge in [0.2, 0.25) is 0 Å². The molecule has 2 heterocycles. The van der Waals surface area contributed by atoms with Crippen LogP contribution >= 0.6 is 0 Å². The molecule has 0 saturated carbocycles. The molecule has 1 aromatic carbocycles. The van der Waals surface area contributed by atoms with E-state index in [4.69, 9.17) is 5.73 Å². The number of rotatable bonds is 2. The van der Waals surface area contributed by atoms with Gasteiger partial charge >= 0.3 is 0 Å². The first-order chi connectivity index (χ1) is 8.75. The monoisotopic (exact) mass is 238 g/mol. The van der Waals surface area contributed by atoms with Gasteiger partial charge in [-0.05, 0) is 12.1 Å². The molecule has 1 amide bonds. The van der Waals surface area contributed by atoms with Crippen molar-refractivity contribution in [2.75, 3.05) is 0 Å². The Kier molecular flexibility index (Phi) is 2.30. The fraction of sp³-hybridized carbons (Fsp3) is 0. The molecule has 0 spiro atoms. The zero-order valence-corrected chi connectivity index (χ0v) is 9.45. The molecule has 0 radical (unpaired) electrons. The van der Waals surface area contributed by atoms with Crippen LogP contribution in [0, 0.1) is 0 Å². The van der Waals surface area contributed by atoms with Crippen molar-refractivity contribution in [1.29, 1.82) is 0 Å². The first-order valence-electron chi connectivity index (χ1n) is 5.44. The van der Waals surface area contributed by atoms with Crippen LogP contribution in [0.2, 0.25) is 0 Å². The molecular formula is C13H10N4O. The molecule has 0 atom stereocenters. The van der Waals surface area contributed by atoms with Gasteiger partial charge in [0.1, 0.15) is 0 Å². The number of benzene rings is 1. The third-order valence-corrected chi connectivity index (χ3v) is 2.74. The highest BCUT2D eigenvalue weighted by Gasteiger charge is 2.08. The summed E-state index contributed by atoms with van der Waals surface area (Å²) in [5, 5.41) is 5.12. The maximum absolute atomic E-state index is 11.1. The Hall–Kier alpha value is -2.69. The summed E-state index contributed by atoms with van der Waals surface area (Å²) in [7, 11) is 0. The van der Waals surface area contributed by atoms with Gasteiger partial charge < -0.3 is 5.73 Å². The summed E-state index contributed by atoms with van der Waals surface area (Å²) in [6.07, 6.45) is 4.78. The number of carbonyl (C=O) groups excluding carboxylic acids is 1. The van der Waals surface area contributed by atoms with Gasteiger partial charge in [-0.3, -0.25) is 9.78 Å². The minimum atomic E-state index is -0.486. The SMILES string of the molecule is NC(=O)c1cnn(-c2ccnc3ccccc23)c1. The van der Waals surface area contributed by atoms with E-state index >= 15 is 0 Å². The number of nitrogens with two attached hydrogens (primary N) is 1. The molecule has 18 heavy (non-hydrogen) atoms. The highest BCUT2D eigenvalue weighted by Crippen LogP contribution is 2.19. The Labute approximate surface area is 103 Å². The Morgan fingerprint density at radius 2 is 2.06 bits per heavy atom. The second-order valence-electron chi connectivity index (χ2n) is 3.89. The lowest BCUT2D eigenvalue weighted by Gasteiger charge is -2.05. The van der Waals surface area contributed by atoms with Gasteiger partial charge in [-0.1, -0.05) is 18.2 Å². The van der Waals surface area contributed by atoms with E-state index in [0.717, 1.165) is 16.6 Å². The molecule has 3 rings (SSSR count). The lowest BCUT2D eigenvalue weighted by atomic mass is 10.2. The van der Waals surface area contributed by atoms with Crippen molar-refractivity contribution in [3.63, 3.8) is 0 Å². The number of primary amides is 1. The number of hydrogen-bond acceptors (Lipinski definition) is 3. The zero-order chi connectivity index (χ0) is 12.5. The van der Waals surface area contributed by atoms with Crippen molar-refractivity contribution in [3.05, 3.63) is 54.5 Å². The van der Waals surface area contributed by atoms with Gasteiger partial charge in [-0.2, -0.15) is 5.10 Å². The topological polar surface area (TPSA) is 73.8 Å². The van der Waals surface area contributed by atoms with Gasteiger partial charge in [-0.25, -0.2) is 4.68 Å². The largest absolute Gasteiger partial charge is 0.366 e. The summed E-state index contributed by atoms with van der Waals surface area (Å²) < 4.78 is 1.63. The average molecular weight is 238 g/mol. The molecule has 0 bridgehead atoms. The van der Waals surface area contributed by atoms with Crippen LogP contribution in [-0.2, 0) is 0 Å². The maximum atomic E-state index is 11.1. The number of aromatic nitrogens is 3. The fourth-order valence-corrected chi connectivity index (χ4v) is 1.86. The van der Waals surface area contributed by atoms with Crippen LogP contribution in [0.5, 0.6) is 0 Å². The summed E-state index contributed by atoms with van der Waals surface area (Å²) in [4.78, 5) is 15.3. The van der Waals surface area contributed by atoms with Gasteiger partial charge in [-0.15, -0.1) is 0 Å². The van der Waals surface area contributed by atoms with Crippen molar-refractivity contribution >= 4 is 16.8 Å². The number of fused-ring (bicyclic) bond motifs is 1.